The van der Waals surface area contributed by atoms with Crippen LogP contribution in [0.3, 0.4) is 0 Å². The Balaban J connectivity index is 0. The molecule has 0 bridgehead atoms. The van der Waals surface area contributed by atoms with Gasteiger partial charge in [0.1, 0.15) is 0 Å². The topological polar surface area (TPSA) is 18.5 Å². The zero-order chi connectivity index (χ0) is 25.7. The van der Waals surface area contributed by atoms with Crippen molar-refractivity contribution in [2.24, 2.45) is 0 Å². The number of alkyl halides is 1. The van der Waals surface area contributed by atoms with Crippen molar-refractivity contribution in [3.63, 3.8) is 0 Å². The van der Waals surface area contributed by atoms with Gasteiger partial charge in [-0.05, 0) is 48.3 Å². The number of thiol groups is 1. The van der Waals surface area contributed by atoms with Crippen LogP contribution in [0, 0.1) is 0 Å². The minimum atomic E-state index is 0. The van der Waals surface area contributed by atoms with Gasteiger partial charge in [-0.15, -0.1) is 11.6 Å². The van der Waals surface area contributed by atoms with Crippen LogP contribution < -0.4 is 0 Å². The largest absolute Gasteiger partial charge is 0.502 e. The molecule has 2 nitrogen and oxygen atoms in total. The molecule has 0 atom stereocenters. The number of hydrogen-bond acceptors (Lipinski definition) is 4. The van der Waals surface area contributed by atoms with Crippen LogP contribution in [0.5, 0.6) is 0 Å². The van der Waals surface area contributed by atoms with Crippen molar-refractivity contribution in [1.29, 1.82) is 0 Å². The summed E-state index contributed by atoms with van der Waals surface area (Å²) in [6.07, 6.45) is 15.8. The van der Waals surface area contributed by atoms with E-state index in [0.29, 0.717) is 5.88 Å². The van der Waals surface area contributed by atoms with Gasteiger partial charge in [-0.1, -0.05) is 106 Å². The second kappa shape index (κ2) is 31.0. The zero-order valence-corrected chi connectivity index (χ0v) is 23.2. The third kappa shape index (κ3) is 26.6. The highest BCUT2D eigenvalue weighted by molar-refractivity contribution is 7.99. The van der Waals surface area contributed by atoms with Crippen molar-refractivity contribution in [1.82, 2.24) is 0 Å². The third-order valence-corrected chi connectivity index (χ3v) is 5.73. The monoisotopic (exact) mass is 548 g/mol. The van der Waals surface area contributed by atoms with Crippen molar-refractivity contribution in [2.45, 2.75) is 33.1 Å². The highest BCUT2D eigenvalue weighted by Gasteiger charge is 1.89. The lowest BCUT2D eigenvalue weighted by Gasteiger charge is -1.99. The molecule has 0 saturated heterocycles. The Kier molecular flexibility index (Phi) is 31.1. The summed E-state index contributed by atoms with van der Waals surface area (Å²) < 4.78 is 9.93. The molecular weight excluding hydrogens is 504 g/mol. The highest BCUT2D eigenvalue weighted by atomic mass is 35.5. The molecular formula is C31H45ClO2S2. The van der Waals surface area contributed by atoms with Crippen LogP contribution in [-0.4, -0.2) is 36.4 Å². The molecule has 200 valence electrons. The van der Waals surface area contributed by atoms with E-state index in [1.54, 1.807) is 0 Å². The molecule has 2 rings (SSSR count). The average Bonchev–Trinajstić information content (AvgIpc) is 2.91. The molecule has 0 saturated carbocycles. The molecule has 0 fully saturated rings. The Morgan fingerprint density at radius 1 is 0.750 bits per heavy atom. The highest BCUT2D eigenvalue weighted by Crippen LogP contribution is 2.07. The van der Waals surface area contributed by atoms with Crippen LogP contribution in [-0.2, 0) is 9.47 Å². The van der Waals surface area contributed by atoms with Crippen LogP contribution in [0.4, 0.5) is 0 Å². The molecule has 0 unspecified atom stereocenters. The number of thioether (sulfide) groups is 1. The molecule has 0 radical (unpaired) electrons. The molecule has 36 heavy (non-hydrogen) atoms. The summed E-state index contributed by atoms with van der Waals surface area (Å²) in [5.41, 5.74) is 2.47. The van der Waals surface area contributed by atoms with Crippen molar-refractivity contribution >= 4 is 48.1 Å². The Morgan fingerprint density at radius 2 is 1.25 bits per heavy atom. The maximum Gasteiger partial charge on any atom is 0.0873 e. The van der Waals surface area contributed by atoms with E-state index in [0.717, 1.165) is 44.0 Å². The predicted molar refractivity (Wildman–Crippen MR) is 170 cm³/mol. The fraction of sp³-hybridized carbons (Fsp3) is 0.355. The molecule has 5 heteroatoms. The second-order valence-corrected chi connectivity index (χ2v) is 8.97. The molecule has 0 aliphatic heterocycles. The average molecular weight is 549 g/mol. The lowest BCUT2D eigenvalue weighted by Crippen LogP contribution is -1.89. The summed E-state index contributed by atoms with van der Waals surface area (Å²) in [5.74, 6) is 3.80. The minimum absolute atomic E-state index is 0. The van der Waals surface area contributed by atoms with Gasteiger partial charge in [0.15, 0.2) is 0 Å². The summed E-state index contributed by atoms with van der Waals surface area (Å²) in [5, 5.41) is 0. The summed E-state index contributed by atoms with van der Waals surface area (Å²) in [6, 6.07) is 20.5. The van der Waals surface area contributed by atoms with Crippen molar-refractivity contribution in [2.75, 3.05) is 36.4 Å². The smallest absolute Gasteiger partial charge is 0.0873 e. The van der Waals surface area contributed by atoms with Crippen LogP contribution in [0.15, 0.2) is 98.5 Å². The van der Waals surface area contributed by atoms with Crippen LogP contribution in [0.2, 0.25) is 0 Å². The van der Waals surface area contributed by atoms with E-state index in [9.17, 15) is 0 Å². The first-order valence-corrected chi connectivity index (χ1v) is 14.2. The van der Waals surface area contributed by atoms with E-state index in [4.69, 9.17) is 21.1 Å². The Morgan fingerprint density at radius 3 is 1.72 bits per heavy atom. The number of hydrogen-bond donors (Lipinski definition) is 1. The first kappa shape index (κ1) is 36.1. The lowest BCUT2D eigenvalue weighted by atomic mass is 10.2. The molecule has 2 aromatic carbocycles. The van der Waals surface area contributed by atoms with Crippen molar-refractivity contribution in [3.05, 3.63) is 110 Å². The first-order valence-electron chi connectivity index (χ1n) is 11.9. The molecule has 0 amide bonds. The van der Waals surface area contributed by atoms with Gasteiger partial charge in [0.05, 0.1) is 25.7 Å². The Hall–Kier alpha value is -2.01. The van der Waals surface area contributed by atoms with Gasteiger partial charge in [0.2, 0.25) is 0 Å². The van der Waals surface area contributed by atoms with Crippen LogP contribution in [0.1, 0.15) is 44.2 Å². The van der Waals surface area contributed by atoms with E-state index in [1.807, 2.05) is 60.3 Å². The van der Waals surface area contributed by atoms with Gasteiger partial charge in [-0.2, -0.15) is 24.4 Å². The summed E-state index contributed by atoms with van der Waals surface area (Å²) in [7, 11) is 0. The first-order chi connectivity index (χ1) is 17.3. The SMILES string of the molecule is C.C=COCCCCS.C=COCCCCSC/C=C/c1ccccc1.ClC/C=C/c1ccccc1. The number of benzene rings is 2. The molecule has 0 aromatic heterocycles. The fourth-order valence-corrected chi connectivity index (χ4v) is 3.62. The molecule has 0 heterocycles. The van der Waals surface area contributed by atoms with Crippen LogP contribution >= 0.6 is 36.0 Å². The van der Waals surface area contributed by atoms with Gasteiger partial charge in [-0.25, -0.2) is 0 Å². The van der Waals surface area contributed by atoms with Crippen LogP contribution in [0.25, 0.3) is 12.2 Å². The van der Waals surface area contributed by atoms with Crippen molar-refractivity contribution in [3.8, 4) is 0 Å². The molecule has 0 aliphatic rings. The minimum Gasteiger partial charge on any atom is -0.502 e. The molecule has 0 spiro atoms. The maximum absolute atomic E-state index is 5.46. The normalized spacial score (nSPS) is 9.83. The molecule has 2 aromatic rings. The number of unbranched alkanes of at least 4 members (excludes halogenated alkanes) is 2. The number of ether oxygens (including phenoxy) is 2. The third-order valence-electron chi connectivity index (χ3n) is 4.23. The van der Waals surface area contributed by atoms with E-state index >= 15 is 0 Å². The van der Waals surface area contributed by atoms with Gasteiger partial charge < -0.3 is 9.47 Å². The maximum atomic E-state index is 5.46. The molecule has 0 N–H and O–H groups in total. The number of rotatable bonds is 16. The Labute approximate surface area is 235 Å². The fourth-order valence-electron chi connectivity index (χ4n) is 2.50. The van der Waals surface area contributed by atoms with E-state index in [1.165, 1.54) is 35.8 Å². The second-order valence-electron chi connectivity index (χ2n) is 7.07. The summed E-state index contributed by atoms with van der Waals surface area (Å²) >= 11 is 11.5. The summed E-state index contributed by atoms with van der Waals surface area (Å²) in [4.78, 5) is 0. The van der Waals surface area contributed by atoms with E-state index in [-0.39, 0.29) is 7.43 Å². The molecule has 0 aliphatic carbocycles. The van der Waals surface area contributed by atoms with Gasteiger partial charge in [-0.3, -0.25) is 0 Å². The quantitative estimate of drug-likeness (QED) is 0.0974. The van der Waals surface area contributed by atoms with Gasteiger partial charge in [0.25, 0.3) is 0 Å². The summed E-state index contributed by atoms with van der Waals surface area (Å²) in [6.45, 7) is 8.51. The standard InChI is InChI=1S/C15H20OS.C9H9Cl.C6H12OS.CH4/c1-2-16-12-6-7-13-17-14-8-11-15-9-4-3-5-10-15;10-8-4-7-9-5-2-1-3-6-9;1-2-7-5-3-4-6-8;/h2-5,8-11H,1,6-7,12-14H2;1-7H,8H2;2,8H,1,3-6H2;1H4/b11-8+;7-4+;;. The van der Waals surface area contributed by atoms with Crippen molar-refractivity contribution < 1.29 is 9.47 Å². The zero-order valence-electron chi connectivity index (χ0n) is 20.8. The number of halogens is 1. The van der Waals surface area contributed by atoms with E-state index in [2.05, 4.69) is 62.2 Å². The van der Waals surface area contributed by atoms with Gasteiger partial charge >= 0.3 is 0 Å². The number of allylic oxidation sites excluding steroid dienone is 1. The van der Waals surface area contributed by atoms with Gasteiger partial charge in [0, 0.05) is 11.6 Å². The lowest BCUT2D eigenvalue weighted by molar-refractivity contribution is 0.245. The van der Waals surface area contributed by atoms with E-state index < -0.39 is 0 Å². The Bertz CT molecular complexity index is 765. The predicted octanol–water partition coefficient (Wildman–Crippen LogP) is 9.80.